The number of phenolic OH excluding ortho intramolecular Hbond substituents is 1. The maximum Gasteiger partial charge on any atom is 0.416 e. The van der Waals surface area contributed by atoms with E-state index < -0.39 is 11.7 Å². The highest BCUT2D eigenvalue weighted by atomic mass is 35.5. The molecule has 0 saturated carbocycles. The van der Waals surface area contributed by atoms with Crippen LogP contribution in [0, 0.1) is 6.92 Å². The van der Waals surface area contributed by atoms with Crippen LogP contribution in [0.5, 0.6) is 5.75 Å². The molecule has 0 amide bonds. The SMILES string of the molecule is Cc1c(Cl)cc(NCc2cccc(C(F)(F)F)c2)c(O)c1Cl. The standard InChI is InChI=1S/C15H12Cl2F3NO/c1-8-11(16)6-12(14(22)13(8)17)21-7-9-3-2-4-10(5-9)15(18,19)20/h2-6,21-22H,7H2,1H3. The first kappa shape index (κ1) is 16.8. The summed E-state index contributed by atoms with van der Waals surface area (Å²) in [6.07, 6.45) is -4.39. The molecule has 0 saturated heterocycles. The normalized spacial score (nSPS) is 11.5. The predicted molar refractivity (Wildman–Crippen MR) is 81.6 cm³/mol. The van der Waals surface area contributed by atoms with Gasteiger partial charge in [0.2, 0.25) is 0 Å². The number of phenols is 1. The monoisotopic (exact) mass is 349 g/mol. The molecule has 22 heavy (non-hydrogen) atoms. The summed E-state index contributed by atoms with van der Waals surface area (Å²) in [7, 11) is 0. The van der Waals surface area contributed by atoms with Gasteiger partial charge >= 0.3 is 6.18 Å². The third-order valence-electron chi connectivity index (χ3n) is 3.16. The molecule has 0 heterocycles. The van der Waals surface area contributed by atoms with Gasteiger partial charge in [-0.2, -0.15) is 13.2 Å². The van der Waals surface area contributed by atoms with E-state index in [0.717, 1.165) is 12.1 Å². The number of benzene rings is 2. The largest absolute Gasteiger partial charge is 0.504 e. The van der Waals surface area contributed by atoms with Gasteiger partial charge in [0.25, 0.3) is 0 Å². The average Bonchev–Trinajstić information content (AvgIpc) is 2.47. The molecule has 0 unspecified atom stereocenters. The van der Waals surface area contributed by atoms with Crippen molar-refractivity contribution in [1.29, 1.82) is 0 Å². The second kappa shape index (κ2) is 6.26. The third-order valence-corrected chi connectivity index (χ3v) is 4.01. The number of alkyl halides is 3. The van der Waals surface area contributed by atoms with Crippen LogP contribution >= 0.6 is 23.2 Å². The van der Waals surface area contributed by atoms with Gasteiger partial charge in [-0.1, -0.05) is 35.3 Å². The van der Waals surface area contributed by atoms with Crippen LogP contribution in [0.2, 0.25) is 10.0 Å². The lowest BCUT2D eigenvalue weighted by Crippen LogP contribution is -2.07. The molecular formula is C15H12Cl2F3NO. The summed E-state index contributed by atoms with van der Waals surface area (Å²) >= 11 is 11.9. The zero-order valence-electron chi connectivity index (χ0n) is 11.4. The number of aromatic hydroxyl groups is 1. The van der Waals surface area contributed by atoms with E-state index in [0.29, 0.717) is 16.1 Å². The Balaban J connectivity index is 2.21. The van der Waals surface area contributed by atoms with E-state index in [1.807, 2.05) is 0 Å². The maximum absolute atomic E-state index is 12.7. The van der Waals surface area contributed by atoms with E-state index in [9.17, 15) is 18.3 Å². The number of hydrogen-bond acceptors (Lipinski definition) is 2. The van der Waals surface area contributed by atoms with E-state index in [4.69, 9.17) is 23.2 Å². The van der Waals surface area contributed by atoms with Gasteiger partial charge in [0.05, 0.1) is 16.3 Å². The summed E-state index contributed by atoms with van der Waals surface area (Å²) in [6.45, 7) is 1.74. The van der Waals surface area contributed by atoms with Gasteiger partial charge in [0, 0.05) is 11.6 Å². The lowest BCUT2D eigenvalue weighted by molar-refractivity contribution is -0.137. The first-order valence-corrected chi connectivity index (χ1v) is 7.03. The second-order valence-corrected chi connectivity index (χ2v) is 5.53. The number of anilines is 1. The van der Waals surface area contributed by atoms with Crippen LogP contribution in [0.25, 0.3) is 0 Å². The van der Waals surface area contributed by atoms with Gasteiger partial charge in [-0.05, 0) is 36.2 Å². The van der Waals surface area contributed by atoms with Crippen molar-refractivity contribution in [2.75, 3.05) is 5.32 Å². The van der Waals surface area contributed by atoms with Crippen LogP contribution in [0.3, 0.4) is 0 Å². The summed E-state index contributed by atoms with van der Waals surface area (Å²) in [4.78, 5) is 0. The minimum atomic E-state index is -4.39. The fourth-order valence-corrected chi connectivity index (χ4v) is 2.35. The van der Waals surface area contributed by atoms with Gasteiger partial charge in [0.15, 0.2) is 5.75 Å². The predicted octanol–water partition coefficient (Wildman–Crippen LogP) is 5.64. The van der Waals surface area contributed by atoms with Gasteiger partial charge in [-0.3, -0.25) is 0 Å². The van der Waals surface area contributed by atoms with Crippen LogP contribution in [0.4, 0.5) is 18.9 Å². The van der Waals surface area contributed by atoms with E-state index in [1.165, 1.54) is 12.1 Å². The number of hydrogen-bond donors (Lipinski definition) is 2. The van der Waals surface area contributed by atoms with Crippen molar-refractivity contribution in [3.8, 4) is 5.75 Å². The van der Waals surface area contributed by atoms with E-state index in [1.54, 1.807) is 13.0 Å². The zero-order chi connectivity index (χ0) is 16.5. The van der Waals surface area contributed by atoms with Crippen molar-refractivity contribution in [3.63, 3.8) is 0 Å². The third kappa shape index (κ3) is 3.59. The Labute approximate surface area is 135 Å². The van der Waals surface area contributed by atoms with Gasteiger partial charge in [-0.15, -0.1) is 0 Å². The second-order valence-electron chi connectivity index (χ2n) is 4.75. The van der Waals surface area contributed by atoms with Crippen molar-refractivity contribution in [1.82, 2.24) is 0 Å². The van der Waals surface area contributed by atoms with Gasteiger partial charge < -0.3 is 10.4 Å². The minimum absolute atomic E-state index is 0.0905. The molecule has 2 aromatic carbocycles. The molecule has 0 aromatic heterocycles. The van der Waals surface area contributed by atoms with Crippen LogP contribution in [-0.2, 0) is 12.7 Å². The average molecular weight is 350 g/mol. The fourth-order valence-electron chi connectivity index (χ4n) is 1.89. The molecule has 2 rings (SSSR count). The first-order chi connectivity index (χ1) is 10.2. The summed E-state index contributed by atoms with van der Waals surface area (Å²) in [5.41, 5.74) is 0.488. The van der Waals surface area contributed by atoms with Crippen LogP contribution < -0.4 is 5.32 Å². The van der Waals surface area contributed by atoms with Crippen molar-refractivity contribution in [3.05, 3.63) is 57.1 Å². The molecule has 2 N–H and O–H groups in total. The highest BCUT2D eigenvalue weighted by Gasteiger charge is 2.30. The van der Waals surface area contributed by atoms with E-state index in [2.05, 4.69) is 5.32 Å². The van der Waals surface area contributed by atoms with Gasteiger partial charge in [-0.25, -0.2) is 0 Å². The van der Waals surface area contributed by atoms with Crippen LogP contribution in [0.15, 0.2) is 30.3 Å². The van der Waals surface area contributed by atoms with Crippen molar-refractivity contribution in [2.24, 2.45) is 0 Å². The molecular weight excluding hydrogens is 338 g/mol. The van der Waals surface area contributed by atoms with Crippen LogP contribution in [0.1, 0.15) is 16.7 Å². The summed E-state index contributed by atoms with van der Waals surface area (Å²) in [6, 6.07) is 6.40. The summed E-state index contributed by atoms with van der Waals surface area (Å²) < 4.78 is 38.0. The molecule has 0 bridgehead atoms. The van der Waals surface area contributed by atoms with E-state index >= 15 is 0 Å². The summed E-state index contributed by atoms with van der Waals surface area (Å²) in [5.74, 6) is -0.185. The number of nitrogens with one attached hydrogen (secondary N) is 1. The zero-order valence-corrected chi connectivity index (χ0v) is 12.9. The molecule has 0 spiro atoms. The Kier molecular flexibility index (Phi) is 4.78. The molecule has 0 fully saturated rings. The lowest BCUT2D eigenvalue weighted by Gasteiger charge is -2.13. The smallest absolute Gasteiger partial charge is 0.416 e. The number of halogens is 5. The van der Waals surface area contributed by atoms with Crippen molar-refractivity contribution < 1.29 is 18.3 Å². The van der Waals surface area contributed by atoms with Crippen molar-refractivity contribution >= 4 is 28.9 Å². The van der Waals surface area contributed by atoms with Crippen LogP contribution in [-0.4, -0.2) is 5.11 Å². The lowest BCUT2D eigenvalue weighted by atomic mass is 10.1. The maximum atomic E-state index is 12.7. The molecule has 118 valence electrons. The van der Waals surface area contributed by atoms with Crippen molar-refractivity contribution in [2.45, 2.75) is 19.6 Å². The Morgan fingerprint density at radius 1 is 1.18 bits per heavy atom. The fraction of sp³-hybridized carbons (Fsp3) is 0.200. The quantitative estimate of drug-likeness (QED) is 0.703. The summed E-state index contributed by atoms with van der Waals surface area (Å²) in [5, 5.41) is 13.2. The molecule has 0 atom stereocenters. The minimum Gasteiger partial charge on any atom is -0.504 e. The molecule has 2 aromatic rings. The number of rotatable bonds is 3. The Hall–Kier alpha value is -1.59. The molecule has 0 aliphatic heterocycles. The van der Waals surface area contributed by atoms with E-state index in [-0.39, 0.29) is 23.0 Å². The molecule has 0 aliphatic rings. The molecule has 2 nitrogen and oxygen atoms in total. The van der Waals surface area contributed by atoms with Gasteiger partial charge in [0.1, 0.15) is 0 Å². The molecule has 0 aliphatic carbocycles. The Bertz CT molecular complexity index is 702. The molecule has 7 heteroatoms. The first-order valence-electron chi connectivity index (χ1n) is 6.27. The topological polar surface area (TPSA) is 32.3 Å². The Morgan fingerprint density at radius 3 is 2.50 bits per heavy atom. The Morgan fingerprint density at radius 2 is 1.86 bits per heavy atom. The highest BCUT2D eigenvalue weighted by Crippen LogP contribution is 2.39. The molecule has 0 radical (unpaired) electrons. The highest BCUT2D eigenvalue weighted by molar-refractivity contribution is 6.37.